The molecule has 0 unspecified atom stereocenters. The van der Waals surface area contributed by atoms with Gasteiger partial charge in [0.25, 0.3) is 0 Å². The smallest absolute Gasteiger partial charge is 0.0406 e. The zero-order valence-electron chi connectivity index (χ0n) is 11.4. The van der Waals surface area contributed by atoms with Crippen molar-refractivity contribution in [3.63, 3.8) is 0 Å². The van der Waals surface area contributed by atoms with E-state index < -0.39 is 0 Å². The van der Waals surface area contributed by atoms with Crippen molar-refractivity contribution < 1.29 is 0 Å². The minimum atomic E-state index is 0.765. The summed E-state index contributed by atoms with van der Waals surface area (Å²) in [4.78, 5) is 0. The zero-order chi connectivity index (χ0) is 13.8. The first-order valence-electron chi connectivity index (χ1n) is 5.73. The van der Waals surface area contributed by atoms with Gasteiger partial charge in [-0.05, 0) is 37.1 Å². The molecular formula is C16H23Cl. The van der Waals surface area contributed by atoms with E-state index >= 15 is 0 Å². The second-order valence-corrected chi connectivity index (χ2v) is 3.43. The average Bonchev–Trinajstić information content (AvgIpc) is 2.37. The lowest BCUT2D eigenvalue weighted by Crippen LogP contribution is -1.84. The first-order chi connectivity index (χ1) is 8.15. The molecule has 0 spiro atoms. The van der Waals surface area contributed by atoms with E-state index in [9.17, 15) is 0 Å². The van der Waals surface area contributed by atoms with Crippen molar-refractivity contribution in [2.75, 3.05) is 0 Å². The van der Waals surface area contributed by atoms with Gasteiger partial charge in [0.2, 0.25) is 0 Å². The van der Waals surface area contributed by atoms with Gasteiger partial charge in [-0.25, -0.2) is 0 Å². The van der Waals surface area contributed by atoms with Gasteiger partial charge >= 0.3 is 0 Å². The maximum absolute atomic E-state index is 5.80. The number of allylic oxidation sites excluding steroid dienone is 3. The van der Waals surface area contributed by atoms with Gasteiger partial charge < -0.3 is 0 Å². The monoisotopic (exact) mass is 250 g/mol. The Morgan fingerprint density at radius 1 is 1.12 bits per heavy atom. The van der Waals surface area contributed by atoms with E-state index in [-0.39, 0.29) is 0 Å². The molecule has 0 atom stereocenters. The minimum Gasteiger partial charge on any atom is -0.106 e. The number of hydrogen-bond donors (Lipinski definition) is 0. The normalized spacial score (nSPS) is 9.35. The third-order valence-corrected chi connectivity index (χ3v) is 2.16. The first-order valence-corrected chi connectivity index (χ1v) is 6.11. The van der Waals surface area contributed by atoms with E-state index in [1.807, 2.05) is 52.0 Å². The van der Waals surface area contributed by atoms with Crippen LogP contribution >= 0.6 is 11.6 Å². The van der Waals surface area contributed by atoms with E-state index in [2.05, 4.69) is 25.8 Å². The van der Waals surface area contributed by atoms with Crippen LogP contribution in [0.25, 0.3) is 5.57 Å². The standard InChI is InChI=1S/C12H13Cl.C2H6.C2H4/c1-4-12(9(2)3)10-5-7-11(13)8-6-10;2*1-2/h4-8H,2H2,1,3H3;1-2H3;1-2H2/b12-4+;;. The summed E-state index contributed by atoms with van der Waals surface area (Å²) in [5.74, 6) is 0. The van der Waals surface area contributed by atoms with Crippen molar-refractivity contribution in [1.82, 2.24) is 0 Å². The largest absolute Gasteiger partial charge is 0.106 e. The summed E-state index contributed by atoms with van der Waals surface area (Å²) >= 11 is 5.80. The molecule has 0 amide bonds. The van der Waals surface area contributed by atoms with Crippen molar-refractivity contribution in [2.45, 2.75) is 27.7 Å². The predicted octanol–water partition coefficient (Wildman–Crippen LogP) is 6.15. The zero-order valence-corrected chi connectivity index (χ0v) is 12.1. The van der Waals surface area contributed by atoms with Gasteiger partial charge in [0.15, 0.2) is 0 Å². The van der Waals surface area contributed by atoms with Crippen molar-refractivity contribution in [2.24, 2.45) is 0 Å². The summed E-state index contributed by atoms with van der Waals surface area (Å²) in [7, 11) is 0. The highest BCUT2D eigenvalue weighted by molar-refractivity contribution is 6.30. The number of rotatable bonds is 2. The third kappa shape index (κ3) is 6.80. The fraction of sp³-hybridized carbons (Fsp3) is 0.250. The van der Waals surface area contributed by atoms with E-state index in [0.717, 1.165) is 10.6 Å². The SMILES string of the molecule is C=C.C=C(C)/C(=C\C)c1ccc(Cl)cc1.CC. The van der Waals surface area contributed by atoms with E-state index in [4.69, 9.17) is 11.6 Å². The summed E-state index contributed by atoms with van der Waals surface area (Å²) in [6.07, 6.45) is 2.06. The van der Waals surface area contributed by atoms with Crippen LogP contribution in [-0.2, 0) is 0 Å². The van der Waals surface area contributed by atoms with Crippen LogP contribution in [0.5, 0.6) is 0 Å². The highest BCUT2D eigenvalue weighted by Gasteiger charge is 1.99. The molecule has 1 aromatic carbocycles. The predicted molar refractivity (Wildman–Crippen MR) is 82.5 cm³/mol. The summed E-state index contributed by atoms with van der Waals surface area (Å²) in [6, 6.07) is 7.80. The summed E-state index contributed by atoms with van der Waals surface area (Å²) < 4.78 is 0. The minimum absolute atomic E-state index is 0.765. The molecule has 0 saturated heterocycles. The molecule has 0 saturated carbocycles. The van der Waals surface area contributed by atoms with Crippen LogP contribution in [0.1, 0.15) is 33.3 Å². The molecule has 0 bridgehead atoms. The molecule has 94 valence electrons. The van der Waals surface area contributed by atoms with Gasteiger partial charge in [-0.2, -0.15) is 0 Å². The van der Waals surface area contributed by atoms with E-state index in [1.54, 1.807) is 0 Å². The Morgan fingerprint density at radius 3 is 1.82 bits per heavy atom. The lowest BCUT2D eigenvalue weighted by atomic mass is 10.0. The fourth-order valence-electron chi connectivity index (χ4n) is 1.29. The van der Waals surface area contributed by atoms with Gasteiger partial charge in [-0.15, -0.1) is 13.2 Å². The van der Waals surface area contributed by atoms with E-state index in [1.165, 1.54) is 11.1 Å². The van der Waals surface area contributed by atoms with Crippen LogP contribution < -0.4 is 0 Å². The Balaban J connectivity index is 0. The van der Waals surface area contributed by atoms with Crippen LogP contribution in [0.3, 0.4) is 0 Å². The Hall–Kier alpha value is -1.27. The molecule has 0 aliphatic rings. The number of benzene rings is 1. The number of hydrogen-bond acceptors (Lipinski definition) is 0. The van der Waals surface area contributed by atoms with Crippen LogP contribution in [-0.4, -0.2) is 0 Å². The molecule has 0 aliphatic carbocycles. The van der Waals surface area contributed by atoms with Crippen molar-refractivity contribution in [3.05, 3.63) is 66.2 Å². The van der Waals surface area contributed by atoms with Crippen LogP contribution in [0, 0.1) is 0 Å². The molecule has 0 fully saturated rings. The molecule has 0 radical (unpaired) electrons. The molecule has 1 rings (SSSR count). The number of halogens is 1. The van der Waals surface area contributed by atoms with Gasteiger partial charge in [-0.1, -0.05) is 55.8 Å². The Kier molecular flexibility index (Phi) is 12.0. The molecule has 0 heterocycles. The fourth-order valence-corrected chi connectivity index (χ4v) is 1.41. The quantitative estimate of drug-likeness (QED) is 0.436. The Bertz CT molecular complexity index is 344. The first kappa shape index (κ1) is 18.1. The summed E-state index contributed by atoms with van der Waals surface area (Å²) in [5, 5.41) is 0.765. The highest BCUT2D eigenvalue weighted by Crippen LogP contribution is 2.22. The lowest BCUT2D eigenvalue weighted by molar-refractivity contribution is 1.50. The Morgan fingerprint density at radius 2 is 1.53 bits per heavy atom. The van der Waals surface area contributed by atoms with E-state index in [0.29, 0.717) is 0 Å². The molecular weight excluding hydrogens is 228 g/mol. The van der Waals surface area contributed by atoms with Crippen LogP contribution in [0.4, 0.5) is 0 Å². The Labute approximate surface area is 111 Å². The summed E-state index contributed by atoms with van der Waals surface area (Å²) in [5.41, 5.74) is 3.42. The van der Waals surface area contributed by atoms with Gasteiger partial charge in [0.05, 0.1) is 0 Å². The van der Waals surface area contributed by atoms with Gasteiger partial charge in [0, 0.05) is 5.02 Å². The molecule has 17 heavy (non-hydrogen) atoms. The lowest BCUT2D eigenvalue weighted by Gasteiger charge is -2.06. The van der Waals surface area contributed by atoms with Crippen molar-refractivity contribution >= 4 is 17.2 Å². The van der Waals surface area contributed by atoms with Crippen molar-refractivity contribution in [1.29, 1.82) is 0 Å². The second-order valence-electron chi connectivity index (χ2n) is 2.99. The average molecular weight is 251 g/mol. The molecule has 0 N–H and O–H groups in total. The topological polar surface area (TPSA) is 0 Å². The molecule has 0 aliphatic heterocycles. The molecule has 0 nitrogen and oxygen atoms in total. The molecule has 0 aromatic heterocycles. The van der Waals surface area contributed by atoms with Gasteiger partial charge in [0.1, 0.15) is 0 Å². The third-order valence-electron chi connectivity index (χ3n) is 1.90. The maximum Gasteiger partial charge on any atom is 0.0406 e. The van der Waals surface area contributed by atoms with Crippen LogP contribution in [0.15, 0.2) is 55.7 Å². The summed E-state index contributed by atoms with van der Waals surface area (Å²) in [6.45, 7) is 17.9. The molecule has 1 aromatic rings. The maximum atomic E-state index is 5.80. The second kappa shape index (κ2) is 11.2. The van der Waals surface area contributed by atoms with Crippen molar-refractivity contribution in [3.8, 4) is 0 Å². The molecule has 1 heteroatoms. The van der Waals surface area contributed by atoms with Gasteiger partial charge in [-0.3, -0.25) is 0 Å². The van der Waals surface area contributed by atoms with Crippen LogP contribution in [0.2, 0.25) is 5.02 Å². The highest BCUT2D eigenvalue weighted by atomic mass is 35.5.